The fourth-order valence-corrected chi connectivity index (χ4v) is 5.45. The lowest BCUT2D eigenvalue weighted by atomic mass is 9.54. The fraction of sp³-hybridized carbons (Fsp3) is 0.867. The first kappa shape index (κ1) is 9.43. The highest BCUT2D eigenvalue weighted by molar-refractivity contribution is 5.27. The van der Waals surface area contributed by atoms with Gasteiger partial charge in [0.25, 0.3) is 0 Å². The maximum absolute atomic E-state index is 6.04. The van der Waals surface area contributed by atoms with Crippen LogP contribution in [0.2, 0.25) is 0 Å². The predicted octanol–water partition coefficient (Wildman–Crippen LogP) is 3.23. The fourth-order valence-electron chi connectivity index (χ4n) is 5.45. The van der Waals surface area contributed by atoms with Crippen molar-refractivity contribution in [2.24, 2.45) is 23.7 Å². The summed E-state index contributed by atoms with van der Waals surface area (Å²) in [6.07, 6.45) is 10.1. The molecule has 4 saturated carbocycles. The van der Waals surface area contributed by atoms with Crippen LogP contribution in [-0.2, 0) is 9.47 Å². The Morgan fingerprint density at radius 1 is 0.824 bits per heavy atom. The van der Waals surface area contributed by atoms with Gasteiger partial charge in [0, 0.05) is 6.42 Å². The van der Waals surface area contributed by atoms with Gasteiger partial charge in [0.15, 0.2) is 6.29 Å². The molecule has 0 spiro atoms. The van der Waals surface area contributed by atoms with Gasteiger partial charge in [0.05, 0.1) is 0 Å². The molecule has 6 aliphatic rings. The van der Waals surface area contributed by atoms with Crippen LogP contribution >= 0.6 is 0 Å². The van der Waals surface area contributed by atoms with Gasteiger partial charge in [-0.1, -0.05) is 0 Å². The molecule has 2 nitrogen and oxygen atoms in total. The van der Waals surface area contributed by atoms with E-state index in [0.717, 1.165) is 30.1 Å². The molecule has 2 unspecified atom stereocenters. The van der Waals surface area contributed by atoms with E-state index in [-0.39, 0.29) is 6.29 Å². The molecular weight excluding hydrogens is 212 g/mol. The Morgan fingerprint density at radius 2 is 1.53 bits per heavy atom. The number of fused-ring (bicyclic) bond motifs is 2. The Labute approximate surface area is 102 Å². The van der Waals surface area contributed by atoms with Crippen molar-refractivity contribution in [2.45, 2.75) is 57.3 Å². The van der Waals surface area contributed by atoms with Crippen molar-refractivity contribution in [2.75, 3.05) is 0 Å². The van der Waals surface area contributed by atoms with Crippen molar-refractivity contribution in [3.8, 4) is 0 Å². The second-order valence-corrected chi connectivity index (χ2v) is 6.87. The summed E-state index contributed by atoms with van der Waals surface area (Å²) in [5.74, 6) is 5.12. The molecule has 0 amide bonds. The van der Waals surface area contributed by atoms with Crippen LogP contribution in [0.1, 0.15) is 44.9 Å². The lowest BCUT2D eigenvalue weighted by Gasteiger charge is -2.51. The highest BCUT2D eigenvalue weighted by Gasteiger charge is 2.50. The highest BCUT2D eigenvalue weighted by atomic mass is 16.7. The van der Waals surface area contributed by atoms with E-state index in [2.05, 4.69) is 0 Å². The smallest absolute Gasteiger partial charge is 0.200 e. The van der Waals surface area contributed by atoms with E-state index >= 15 is 0 Å². The highest BCUT2D eigenvalue weighted by Crippen LogP contribution is 2.58. The standard InChI is InChI=1S/C15H20O2/c1-2-13-16-12(1)15(17-13)14-10-4-8-3-9(6-10)7-11(14)5-8/h8-13H,1-7H2. The molecular formula is C15H20O2. The SMILES string of the molecule is C1C2CC3CC1CC(C2)C3=C1OC2CCC1O2. The van der Waals surface area contributed by atoms with Gasteiger partial charge in [-0.2, -0.15) is 0 Å². The van der Waals surface area contributed by atoms with Gasteiger partial charge in [-0.3, -0.25) is 0 Å². The third-order valence-corrected chi connectivity index (χ3v) is 5.83. The molecule has 2 atom stereocenters. The molecule has 0 N–H and O–H groups in total. The summed E-state index contributed by atoms with van der Waals surface area (Å²) in [6, 6.07) is 0. The third-order valence-electron chi connectivity index (χ3n) is 5.83. The quantitative estimate of drug-likeness (QED) is 0.638. The van der Waals surface area contributed by atoms with E-state index in [4.69, 9.17) is 9.47 Å². The summed E-state index contributed by atoms with van der Waals surface area (Å²) < 4.78 is 11.9. The van der Waals surface area contributed by atoms with E-state index in [1.165, 1.54) is 44.3 Å². The van der Waals surface area contributed by atoms with E-state index in [1.54, 1.807) is 5.57 Å². The molecule has 4 aliphatic carbocycles. The van der Waals surface area contributed by atoms with Crippen LogP contribution < -0.4 is 0 Å². The Kier molecular flexibility index (Phi) is 1.71. The average molecular weight is 232 g/mol. The van der Waals surface area contributed by atoms with Crippen molar-refractivity contribution in [3.05, 3.63) is 11.3 Å². The average Bonchev–Trinajstić information content (AvgIpc) is 2.89. The van der Waals surface area contributed by atoms with Crippen molar-refractivity contribution >= 4 is 0 Å². The summed E-state index contributed by atoms with van der Waals surface area (Å²) in [4.78, 5) is 0. The summed E-state index contributed by atoms with van der Waals surface area (Å²) in [5.41, 5.74) is 1.71. The van der Waals surface area contributed by atoms with Crippen molar-refractivity contribution in [1.82, 2.24) is 0 Å². The number of rotatable bonds is 0. The molecule has 17 heavy (non-hydrogen) atoms. The van der Waals surface area contributed by atoms with Crippen molar-refractivity contribution < 1.29 is 9.47 Å². The Hall–Kier alpha value is -0.500. The molecule has 2 saturated heterocycles. The molecule has 92 valence electrons. The number of hydrogen-bond acceptors (Lipinski definition) is 2. The van der Waals surface area contributed by atoms with Crippen LogP contribution in [0.3, 0.4) is 0 Å². The minimum atomic E-state index is 0.111. The van der Waals surface area contributed by atoms with Gasteiger partial charge in [0.2, 0.25) is 0 Å². The van der Waals surface area contributed by atoms with Crippen LogP contribution in [0.4, 0.5) is 0 Å². The Bertz CT molecular complexity index is 368. The topological polar surface area (TPSA) is 18.5 Å². The zero-order valence-corrected chi connectivity index (χ0v) is 10.2. The van der Waals surface area contributed by atoms with Gasteiger partial charge < -0.3 is 9.47 Å². The lowest BCUT2D eigenvalue weighted by molar-refractivity contribution is -0.0188. The van der Waals surface area contributed by atoms with E-state index in [0.29, 0.717) is 6.10 Å². The van der Waals surface area contributed by atoms with Gasteiger partial charge >= 0.3 is 0 Å². The molecule has 0 aromatic rings. The second kappa shape index (κ2) is 3.09. The molecule has 0 aromatic heterocycles. The van der Waals surface area contributed by atoms with Gasteiger partial charge in [-0.05, 0) is 67.8 Å². The molecule has 2 heteroatoms. The van der Waals surface area contributed by atoms with Crippen LogP contribution in [-0.4, -0.2) is 12.4 Å². The summed E-state index contributed by atoms with van der Waals surface area (Å²) >= 11 is 0. The van der Waals surface area contributed by atoms with Gasteiger partial charge in [-0.25, -0.2) is 0 Å². The minimum Gasteiger partial charge on any atom is -0.467 e. The zero-order valence-electron chi connectivity index (χ0n) is 10.2. The monoisotopic (exact) mass is 232 g/mol. The van der Waals surface area contributed by atoms with Crippen LogP contribution in [0.25, 0.3) is 0 Å². The van der Waals surface area contributed by atoms with Gasteiger partial charge in [0.1, 0.15) is 11.9 Å². The normalized spacial score (nSPS) is 54.6. The molecule has 0 aromatic carbocycles. The molecule has 6 fully saturated rings. The molecule has 0 radical (unpaired) electrons. The Balaban J connectivity index is 1.57. The third kappa shape index (κ3) is 1.20. The van der Waals surface area contributed by atoms with Gasteiger partial charge in [-0.15, -0.1) is 0 Å². The van der Waals surface area contributed by atoms with E-state index in [1.807, 2.05) is 0 Å². The first-order valence-electron chi connectivity index (χ1n) is 7.43. The lowest BCUT2D eigenvalue weighted by Crippen LogP contribution is -2.41. The van der Waals surface area contributed by atoms with Crippen LogP contribution in [0.5, 0.6) is 0 Å². The maximum atomic E-state index is 6.04. The van der Waals surface area contributed by atoms with E-state index < -0.39 is 0 Å². The van der Waals surface area contributed by atoms with Crippen molar-refractivity contribution in [3.63, 3.8) is 0 Å². The van der Waals surface area contributed by atoms with Crippen molar-refractivity contribution in [1.29, 1.82) is 0 Å². The second-order valence-electron chi connectivity index (χ2n) is 6.87. The zero-order chi connectivity index (χ0) is 11.0. The first-order chi connectivity index (χ1) is 8.37. The first-order valence-corrected chi connectivity index (χ1v) is 7.43. The molecule has 2 heterocycles. The summed E-state index contributed by atoms with van der Waals surface area (Å²) in [6.45, 7) is 0. The molecule has 6 rings (SSSR count). The van der Waals surface area contributed by atoms with E-state index in [9.17, 15) is 0 Å². The molecule has 2 aliphatic heterocycles. The summed E-state index contributed by atoms with van der Waals surface area (Å²) in [5, 5.41) is 0. The minimum absolute atomic E-state index is 0.111. The molecule has 6 bridgehead atoms. The largest absolute Gasteiger partial charge is 0.467 e. The van der Waals surface area contributed by atoms with Crippen LogP contribution in [0, 0.1) is 23.7 Å². The maximum Gasteiger partial charge on any atom is 0.200 e. The summed E-state index contributed by atoms with van der Waals surface area (Å²) in [7, 11) is 0. The number of hydrogen-bond donors (Lipinski definition) is 0. The number of ether oxygens (including phenoxy) is 2. The number of allylic oxidation sites excluding steroid dienone is 1. The van der Waals surface area contributed by atoms with Crippen LogP contribution in [0.15, 0.2) is 11.3 Å². The predicted molar refractivity (Wildman–Crippen MR) is 63.1 cm³/mol. The Morgan fingerprint density at radius 3 is 2.06 bits per heavy atom.